The van der Waals surface area contributed by atoms with Crippen LogP contribution in [-0.4, -0.2) is 55.6 Å². The topological polar surface area (TPSA) is 48.5 Å². The van der Waals surface area contributed by atoms with Crippen LogP contribution in [0.3, 0.4) is 0 Å². The molecule has 0 aliphatic carbocycles. The van der Waals surface area contributed by atoms with Gasteiger partial charge in [-0.2, -0.15) is 0 Å². The molecule has 2 heterocycles. The van der Waals surface area contributed by atoms with Crippen molar-refractivity contribution in [3.8, 4) is 0 Å². The van der Waals surface area contributed by atoms with E-state index in [0.29, 0.717) is 6.54 Å². The Morgan fingerprint density at radius 2 is 2.11 bits per heavy atom. The molecular formula is C13H19BrN4O. The van der Waals surface area contributed by atoms with E-state index in [4.69, 9.17) is 0 Å². The number of aromatic nitrogens is 1. The molecule has 1 saturated heterocycles. The Kier molecular flexibility index (Phi) is 4.76. The third-order valence-corrected chi connectivity index (χ3v) is 3.77. The molecule has 104 valence electrons. The average Bonchev–Trinajstić information content (AvgIpc) is 2.40. The van der Waals surface area contributed by atoms with E-state index in [-0.39, 0.29) is 5.91 Å². The fourth-order valence-corrected chi connectivity index (χ4v) is 2.71. The number of hydrogen-bond donors (Lipinski definition) is 1. The van der Waals surface area contributed by atoms with Gasteiger partial charge in [-0.3, -0.25) is 9.69 Å². The van der Waals surface area contributed by atoms with E-state index in [0.717, 1.165) is 36.5 Å². The first-order chi connectivity index (χ1) is 9.10. The first-order valence-electron chi connectivity index (χ1n) is 6.40. The Morgan fingerprint density at radius 1 is 1.42 bits per heavy atom. The lowest BCUT2D eigenvalue weighted by Gasteiger charge is -2.35. The second-order valence-corrected chi connectivity index (χ2v) is 5.65. The SMILES string of the molecule is CNC(=O)CN1CCN(c2ncc(Br)cc2C)CC1. The standard InChI is InChI=1S/C13H19BrN4O/c1-10-7-11(14)8-16-13(10)18-5-3-17(4-6-18)9-12(19)15-2/h7-8H,3-6,9H2,1-2H3,(H,15,19). The molecule has 0 aromatic carbocycles. The molecule has 1 N–H and O–H groups in total. The number of nitrogens with one attached hydrogen (secondary N) is 1. The van der Waals surface area contributed by atoms with Crippen LogP contribution in [0.25, 0.3) is 0 Å². The highest BCUT2D eigenvalue weighted by molar-refractivity contribution is 9.10. The van der Waals surface area contributed by atoms with Gasteiger partial charge in [-0.15, -0.1) is 0 Å². The molecule has 0 unspecified atom stereocenters. The summed E-state index contributed by atoms with van der Waals surface area (Å²) in [6.07, 6.45) is 1.83. The molecule has 1 aliphatic heterocycles. The summed E-state index contributed by atoms with van der Waals surface area (Å²) in [4.78, 5) is 20.3. The molecule has 0 bridgehead atoms. The maximum Gasteiger partial charge on any atom is 0.233 e. The molecule has 1 aliphatic rings. The van der Waals surface area contributed by atoms with E-state index in [1.807, 2.05) is 6.20 Å². The van der Waals surface area contributed by atoms with Crippen LogP contribution >= 0.6 is 15.9 Å². The number of piperazine rings is 1. The number of carbonyl (C=O) groups is 1. The van der Waals surface area contributed by atoms with Gasteiger partial charge < -0.3 is 10.2 Å². The minimum Gasteiger partial charge on any atom is -0.358 e. The zero-order chi connectivity index (χ0) is 13.8. The minimum atomic E-state index is 0.0754. The number of anilines is 1. The van der Waals surface area contributed by atoms with Crippen LogP contribution in [0.4, 0.5) is 5.82 Å². The Hall–Kier alpha value is -1.14. The third kappa shape index (κ3) is 3.67. The van der Waals surface area contributed by atoms with Crippen LogP contribution in [0.2, 0.25) is 0 Å². The van der Waals surface area contributed by atoms with Gasteiger partial charge in [-0.1, -0.05) is 0 Å². The lowest BCUT2D eigenvalue weighted by atomic mass is 10.2. The van der Waals surface area contributed by atoms with E-state index in [1.54, 1.807) is 7.05 Å². The van der Waals surface area contributed by atoms with Gasteiger partial charge in [0.15, 0.2) is 0 Å². The first-order valence-corrected chi connectivity index (χ1v) is 7.19. The van der Waals surface area contributed by atoms with Gasteiger partial charge in [0.05, 0.1) is 6.54 Å². The molecule has 5 nitrogen and oxygen atoms in total. The molecule has 0 spiro atoms. The maximum atomic E-state index is 11.3. The van der Waals surface area contributed by atoms with Crippen LogP contribution in [0, 0.1) is 6.92 Å². The van der Waals surface area contributed by atoms with Crippen LogP contribution in [0.5, 0.6) is 0 Å². The number of carbonyl (C=O) groups excluding carboxylic acids is 1. The number of amides is 1. The number of aryl methyl sites for hydroxylation is 1. The molecule has 1 fully saturated rings. The van der Waals surface area contributed by atoms with Crippen molar-refractivity contribution in [2.45, 2.75) is 6.92 Å². The molecule has 0 radical (unpaired) electrons. The zero-order valence-electron chi connectivity index (χ0n) is 11.3. The highest BCUT2D eigenvalue weighted by atomic mass is 79.9. The van der Waals surface area contributed by atoms with Crippen LogP contribution in [0.1, 0.15) is 5.56 Å². The quantitative estimate of drug-likeness (QED) is 0.901. The summed E-state index contributed by atoms with van der Waals surface area (Å²) in [6, 6.07) is 2.08. The lowest BCUT2D eigenvalue weighted by Crippen LogP contribution is -2.49. The molecule has 19 heavy (non-hydrogen) atoms. The smallest absolute Gasteiger partial charge is 0.233 e. The van der Waals surface area contributed by atoms with Gasteiger partial charge >= 0.3 is 0 Å². The van der Waals surface area contributed by atoms with E-state index >= 15 is 0 Å². The predicted molar refractivity (Wildman–Crippen MR) is 79.4 cm³/mol. The third-order valence-electron chi connectivity index (χ3n) is 3.34. The summed E-state index contributed by atoms with van der Waals surface area (Å²) < 4.78 is 1.01. The van der Waals surface area contributed by atoms with Gasteiger partial charge in [-0.25, -0.2) is 4.98 Å². The van der Waals surface area contributed by atoms with E-state index in [2.05, 4.69) is 49.0 Å². The number of rotatable bonds is 3. The molecule has 1 aromatic rings. The van der Waals surface area contributed by atoms with Crippen molar-refractivity contribution in [1.29, 1.82) is 0 Å². The van der Waals surface area contributed by atoms with Crippen molar-refractivity contribution < 1.29 is 4.79 Å². The van der Waals surface area contributed by atoms with Gasteiger partial charge in [0, 0.05) is 43.9 Å². The molecular weight excluding hydrogens is 308 g/mol. The number of halogens is 1. The van der Waals surface area contributed by atoms with E-state index in [1.165, 1.54) is 5.56 Å². The Bertz CT molecular complexity index is 458. The molecule has 0 saturated carbocycles. The van der Waals surface area contributed by atoms with Crippen LogP contribution in [0.15, 0.2) is 16.7 Å². The van der Waals surface area contributed by atoms with Crippen molar-refractivity contribution in [3.63, 3.8) is 0 Å². The fraction of sp³-hybridized carbons (Fsp3) is 0.538. The molecule has 2 rings (SSSR count). The summed E-state index contributed by atoms with van der Waals surface area (Å²) >= 11 is 3.43. The van der Waals surface area contributed by atoms with Crippen molar-refractivity contribution in [3.05, 3.63) is 22.3 Å². The fourth-order valence-electron chi connectivity index (χ4n) is 2.26. The molecule has 1 aromatic heterocycles. The Balaban J connectivity index is 1.94. The summed E-state index contributed by atoms with van der Waals surface area (Å²) in [6.45, 7) is 6.16. The highest BCUT2D eigenvalue weighted by Crippen LogP contribution is 2.21. The Morgan fingerprint density at radius 3 is 2.68 bits per heavy atom. The minimum absolute atomic E-state index is 0.0754. The molecule has 0 atom stereocenters. The highest BCUT2D eigenvalue weighted by Gasteiger charge is 2.20. The first kappa shape index (κ1) is 14.3. The number of likely N-dealkylation sites (N-methyl/N-ethyl adjacent to an activating group) is 1. The van der Waals surface area contributed by atoms with Crippen LogP contribution in [-0.2, 0) is 4.79 Å². The van der Waals surface area contributed by atoms with Crippen molar-refractivity contribution in [2.75, 3.05) is 44.7 Å². The largest absolute Gasteiger partial charge is 0.358 e. The monoisotopic (exact) mass is 326 g/mol. The summed E-state index contributed by atoms with van der Waals surface area (Å²) in [5.74, 6) is 1.12. The second-order valence-electron chi connectivity index (χ2n) is 4.73. The van der Waals surface area contributed by atoms with Gasteiger partial charge in [0.1, 0.15) is 5.82 Å². The van der Waals surface area contributed by atoms with E-state index < -0.39 is 0 Å². The Labute approximate surface area is 122 Å². The summed E-state index contributed by atoms with van der Waals surface area (Å²) in [5, 5.41) is 2.66. The number of nitrogens with zero attached hydrogens (tertiary/aromatic N) is 3. The molecule has 1 amide bonds. The normalized spacial score (nSPS) is 16.5. The molecule has 6 heteroatoms. The summed E-state index contributed by atoms with van der Waals surface area (Å²) in [5.41, 5.74) is 1.18. The number of pyridine rings is 1. The van der Waals surface area contributed by atoms with Crippen molar-refractivity contribution >= 4 is 27.7 Å². The predicted octanol–water partition coefficient (Wildman–Crippen LogP) is 1.02. The van der Waals surface area contributed by atoms with Gasteiger partial charge in [0.2, 0.25) is 5.91 Å². The van der Waals surface area contributed by atoms with Crippen LogP contribution < -0.4 is 10.2 Å². The maximum absolute atomic E-state index is 11.3. The van der Waals surface area contributed by atoms with Gasteiger partial charge in [0.25, 0.3) is 0 Å². The number of hydrogen-bond acceptors (Lipinski definition) is 4. The lowest BCUT2D eigenvalue weighted by molar-refractivity contribution is -0.121. The summed E-state index contributed by atoms with van der Waals surface area (Å²) in [7, 11) is 1.67. The second kappa shape index (κ2) is 6.34. The van der Waals surface area contributed by atoms with E-state index in [9.17, 15) is 4.79 Å². The van der Waals surface area contributed by atoms with Crippen molar-refractivity contribution in [2.24, 2.45) is 0 Å². The zero-order valence-corrected chi connectivity index (χ0v) is 12.9. The average molecular weight is 327 g/mol. The van der Waals surface area contributed by atoms with Crippen molar-refractivity contribution in [1.82, 2.24) is 15.2 Å². The van der Waals surface area contributed by atoms with Gasteiger partial charge in [-0.05, 0) is 34.5 Å².